The van der Waals surface area contributed by atoms with Crippen molar-refractivity contribution in [2.75, 3.05) is 26.4 Å². The van der Waals surface area contributed by atoms with Gasteiger partial charge in [0.25, 0.3) is 0 Å². The zero-order valence-electron chi connectivity index (χ0n) is 10.4. The minimum absolute atomic E-state index is 0. The summed E-state index contributed by atoms with van der Waals surface area (Å²) in [7, 11) is -7.26. The van der Waals surface area contributed by atoms with E-state index >= 15 is 0 Å². The highest BCUT2D eigenvalue weighted by molar-refractivity contribution is 7.47. The second-order valence-electron chi connectivity index (χ2n) is 3.68. The predicted octanol–water partition coefficient (Wildman–Crippen LogP) is 1.00. The molecule has 0 saturated carbocycles. The van der Waals surface area contributed by atoms with Gasteiger partial charge in [-0.1, -0.05) is 0 Å². The van der Waals surface area contributed by atoms with Crippen LogP contribution in [0.2, 0.25) is 0 Å². The van der Waals surface area contributed by atoms with Crippen molar-refractivity contribution in [1.82, 2.24) is 0 Å². The average molecular weight is 322 g/mol. The van der Waals surface area contributed by atoms with Crippen molar-refractivity contribution in [3.05, 3.63) is 0 Å². The number of hydrogen-bond acceptors (Lipinski definition) is 6. The Morgan fingerprint density at radius 1 is 0.632 bits per heavy atom. The number of phosphoric acid groups is 2. The average Bonchev–Trinajstić information content (AvgIpc) is 2.58. The second-order valence-corrected chi connectivity index (χ2v) is 6.59. The Balaban J connectivity index is 0.000000324. The Hall–Kier alpha value is 0.180. The maximum atomic E-state index is 10.6. The number of hydrogen-bond donors (Lipinski definition) is 2. The van der Waals surface area contributed by atoms with Crippen molar-refractivity contribution in [3.8, 4) is 0 Å². The summed E-state index contributed by atoms with van der Waals surface area (Å²) in [4.78, 5) is 17.3. The zero-order chi connectivity index (χ0) is 13.5. The summed E-state index contributed by atoms with van der Waals surface area (Å²) in [5.74, 6) is 0. The first-order chi connectivity index (χ1) is 8.41. The molecule has 9 nitrogen and oxygen atoms in total. The van der Waals surface area contributed by atoms with Gasteiger partial charge < -0.3 is 15.3 Å². The van der Waals surface area contributed by atoms with Crippen LogP contribution < -0.4 is 0 Å². The Bertz CT molecular complexity index is 278. The molecule has 116 valence electrons. The van der Waals surface area contributed by atoms with E-state index in [0.29, 0.717) is 26.4 Å². The molecule has 19 heavy (non-hydrogen) atoms. The molecule has 0 aliphatic carbocycles. The van der Waals surface area contributed by atoms with Crippen LogP contribution in [0.1, 0.15) is 25.7 Å². The van der Waals surface area contributed by atoms with Crippen LogP contribution in [-0.2, 0) is 27.2 Å². The van der Waals surface area contributed by atoms with E-state index in [-0.39, 0.29) is 5.48 Å². The summed E-state index contributed by atoms with van der Waals surface area (Å²) in [5.41, 5.74) is 0. The highest BCUT2D eigenvalue weighted by atomic mass is 31.2. The van der Waals surface area contributed by atoms with Crippen molar-refractivity contribution in [1.29, 1.82) is 0 Å². The van der Waals surface area contributed by atoms with Crippen molar-refractivity contribution >= 4 is 15.6 Å². The van der Waals surface area contributed by atoms with E-state index in [1.54, 1.807) is 0 Å². The van der Waals surface area contributed by atoms with Gasteiger partial charge in [0.2, 0.25) is 0 Å². The molecule has 0 atom stereocenters. The Kier molecular flexibility index (Phi) is 9.26. The van der Waals surface area contributed by atoms with Crippen molar-refractivity contribution in [2.45, 2.75) is 25.7 Å². The van der Waals surface area contributed by atoms with E-state index < -0.39 is 15.6 Å². The monoisotopic (exact) mass is 322 g/mol. The lowest BCUT2D eigenvalue weighted by molar-refractivity contribution is 0.174. The van der Waals surface area contributed by atoms with E-state index in [9.17, 15) is 9.13 Å². The Morgan fingerprint density at radius 3 is 1.05 bits per heavy atom. The van der Waals surface area contributed by atoms with Crippen LogP contribution >= 0.6 is 15.6 Å². The predicted molar refractivity (Wildman–Crippen MR) is 65.5 cm³/mol. The molecule has 2 heterocycles. The number of phosphoric ester groups is 2. The van der Waals surface area contributed by atoms with Gasteiger partial charge in [-0.25, -0.2) is 9.13 Å². The molecule has 0 aromatic heterocycles. The number of rotatable bonds is 0. The van der Waals surface area contributed by atoms with Gasteiger partial charge in [0.15, 0.2) is 0 Å². The summed E-state index contributed by atoms with van der Waals surface area (Å²) >= 11 is 0. The molecule has 0 bridgehead atoms. The first kappa shape index (κ1) is 19.2. The van der Waals surface area contributed by atoms with Gasteiger partial charge in [-0.15, -0.1) is 0 Å². The van der Waals surface area contributed by atoms with Crippen molar-refractivity contribution in [2.24, 2.45) is 0 Å². The molecule has 0 radical (unpaired) electrons. The molecular weight excluding hydrogens is 302 g/mol. The maximum absolute atomic E-state index is 10.6. The van der Waals surface area contributed by atoms with Crippen LogP contribution in [0.3, 0.4) is 0 Å². The summed E-state index contributed by atoms with van der Waals surface area (Å²) in [5, 5.41) is 0. The normalized spacial score (nSPS) is 25.8. The van der Waals surface area contributed by atoms with Crippen LogP contribution in [0.15, 0.2) is 0 Å². The Labute approximate surface area is 111 Å². The quantitative estimate of drug-likeness (QED) is 0.629. The standard InChI is InChI=1S/2C4H9O4P.H2O/c2*5-9(6)7-3-1-2-4-8-9;/h2*1-4H2,(H,5,6);1H2. The lowest BCUT2D eigenvalue weighted by atomic mass is 10.3. The molecule has 2 rings (SSSR count). The molecule has 2 fully saturated rings. The molecule has 0 spiro atoms. The summed E-state index contributed by atoms with van der Waals surface area (Å²) < 4.78 is 39.0. The third kappa shape index (κ3) is 9.67. The van der Waals surface area contributed by atoms with E-state index in [1.807, 2.05) is 0 Å². The fourth-order valence-electron chi connectivity index (χ4n) is 1.20. The summed E-state index contributed by atoms with van der Waals surface area (Å²) in [6, 6.07) is 0. The van der Waals surface area contributed by atoms with Crippen molar-refractivity contribution in [3.63, 3.8) is 0 Å². The van der Waals surface area contributed by atoms with Crippen molar-refractivity contribution < 1.29 is 42.5 Å². The minimum atomic E-state index is -3.63. The maximum Gasteiger partial charge on any atom is 0.472 e. The van der Waals surface area contributed by atoms with Crippen LogP contribution in [0.25, 0.3) is 0 Å². The van der Waals surface area contributed by atoms with E-state index in [1.165, 1.54) is 0 Å². The first-order valence-electron chi connectivity index (χ1n) is 5.65. The second kappa shape index (κ2) is 9.18. The highest BCUT2D eigenvalue weighted by Gasteiger charge is 2.22. The van der Waals surface area contributed by atoms with Gasteiger partial charge in [-0.3, -0.25) is 18.1 Å². The zero-order valence-corrected chi connectivity index (χ0v) is 12.2. The van der Waals surface area contributed by atoms with E-state index in [0.717, 1.165) is 25.7 Å². The molecule has 11 heteroatoms. The molecule has 2 aliphatic heterocycles. The van der Waals surface area contributed by atoms with Crippen LogP contribution in [0.4, 0.5) is 0 Å². The Morgan fingerprint density at radius 2 is 0.842 bits per heavy atom. The molecule has 2 saturated heterocycles. The molecule has 2 aliphatic rings. The van der Waals surface area contributed by atoms with Gasteiger partial charge in [0.1, 0.15) is 0 Å². The molecule has 0 aromatic carbocycles. The molecule has 0 amide bonds. The highest BCUT2D eigenvalue weighted by Crippen LogP contribution is 2.45. The molecule has 0 aromatic rings. The van der Waals surface area contributed by atoms with Crippen LogP contribution in [0, 0.1) is 0 Å². The van der Waals surface area contributed by atoms with E-state index in [2.05, 4.69) is 18.1 Å². The first-order valence-corrected chi connectivity index (χ1v) is 8.64. The van der Waals surface area contributed by atoms with Gasteiger partial charge in [0, 0.05) is 0 Å². The summed E-state index contributed by atoms with van der Waals surface area (Å²) in [6.45, 7) is 1.31. The summed E-state index contributed by atoms with van der Waals surface area (Å²) in [6.07, 6.45) is 3.18. The molecule has 4 N–H and O–H groups in total. The van der Waals surface area contributed by atoms with Crippen LogP contribution in [0.5, 0.6) is 0 Å². The lowest BCUT2D eigenvalue weighted by Gasteiger charge is -2.05. The van der Waals surface area contributed by atoms with Gasteiger partial charge in [-0.05, 0) is 25.7 Å². The SMILES string of the molecule is O.O=P1(O)OCCCCO1.O=P1(O)OCCCCO1. The topological polar surface area (TPSA) is 143 Å². The van der Waals surface area contributed by atoms with Gasteiger partial charge in [-0.2, -0.15) is 0 Å². The third-order valence-corrected chi connectivity index (χ3v) is 4.13. The molecular formula is C8H20O9P2. The fourth-order valence-corrected chi connectivity index (χ4v) is 2.79. The molecule has 0 unspecified atom stereocenters. The van der Waals surface area contributed by atoms with E-state index in [4.69, 9.17) is 9.79 Å². The fraction of sp³-hybridized carbons (Fsp3) is 1.00. The third-order valence-electron chi connectivity index (χ3n) is 2.10. The lowest BCUT2D eigenvalue weighted by Crippen LogP contribution is -1.89. The van der Waals surface area contributed by atoms with Gasteiger partial charge >= 0.3 is 15.6 Å². The minimum Gasteiger partial charge on any atom is -0.412 e. The smallest absolute Gasteiger partial charge is 0.412 e. The van der Waals surface area contributed by atoms with Crippen LogP contribution in [-0.4, -0.2) is 41.7 Å². The van der Waals surface area contributed by atoms with Gasteiger partial charge in [0.05, 0.1) is 26.4 Å². The largest absolute Gasteiger partial charge is 0.472 e.